The Balaban J connectivity index is 2.27. The van der Waals surface area contributed by atoms with Crippen LogP contribution in [-0.4, -0.2) is 18.9 Å². The van der Waals surface area contributed by atoms with Crippen molar-refractivity contribution in [3.63, 3.8) is 0 Å². The topological polar surface area (TPSA) is 29.1 Å². The van der Waals surface area contributed by atoms with Gasteiger partial charge in [0.1, 0.15) is 11.6 Å². The molecule has 0 spiro atoms. The van der Waals surface area contributed by atoms with Gasteiger partial charge in [-0.05, 0) is 24.6 Å². The summed E-state index contributed by atoms with van der Waals surface area (Å²) in [7, 11) is 0. The average Bonchev–Trinajstić information content (AvgIpc) is 2.63. The summed E-state index contributed by atoms with van der Waals surface area (Å²) < 4.78 is 26.1. The van der Waals surface area contributed by atoms with Crippen molar-refractivity contribution in [3.05, 3.63) is 35.4 Å². The van der Waals surface area contributed by atoms with Crippen molar-refractivity contribution < 1.29 is 13.6 Å². The van der Waals surface area contributed by atoms with Gasteiger partial charge in [-0.1, -0.05) is 6.92 Å². The lowest BCUT2D eigenvalue weighted by molar-refractivity contribution is 0.0903. The summed E-state index contributed by atoms with van der Waals surface area (Å²) in [5.41, 5.74) is -0.0121. The van der Waals surface area contributed by atoms with Gasteiger partial charge in [0.05, 0.1) is 5.56 Å². The van der Waals surface area contributed by atoms with E-state index >= 15 is 0 Å². The van der Waals surface area contributed by atoms with Crippen molar-refractivity contribution in [1.29, 1.82) is 0 Å². The lowest BCUT2D eigenvalue weighted by Crippen LogP contribution is -2.22. The highest BCUT2D eigenvalue weighted by molar-refractivity contribution is 5.98. The maximum Gasteiger partial charge on any atom is 0.170 e. The third-order valence-corrected chi connectivity index (χ3v) is 3.05. The van der Waals surface area contributed by atoms with Crippen LogP contribution in [-0.2, 0) is 0 Å². The van der Waals surface area contributed by atoms with E-state index in [0.717, 1.165) is 18.7 Å². The van der Waals surface area contributed by atoms with E-state index in [1.165, 1.54) is 6.07 Å². The second kappa shape index (κ2) is 4.29. The van der Waals surface area contributed by atoms with Gasteiger partial charge in [-0.2, -0.15) is 0 Å². The number of carbonyl (C=O) groups is 1. The molecule has 2 unspecified atom stereocenters. The molecule has 1 fully saturated rings. The molecular weight excluding hydrogens is 212 g/mol. The number of benzene rings is 1. The first kappa shape index (κ1) is 11.2. The molecule has 2 atom stereocenters. The number of ketones is 1. The molecule has 0 aliphatic carbocycles. The van der Waals surface area contributed by atoms with Crippen LogP contribution in [0.3, 0.4) is 0 Å². The molecule has 0 amide bonds. The van der Waals surface area contributed by atoms with Crippen LogP contribution < -0.4 is 5.32 Å². The predicted octanol–water partition coefficient (Wildman–Crippen LogP) is 2.00. The van der Waals surface area contributed by atoms with E-state index in [1.807, 2.05) is 6.92 Å². The number of halogens is 2. The van der Waals surface area contributed by atoms with Crippen molar-refractivity contribution in [2.45, 2.75) is 6.92 Å². The zero-order chi connectivity index (χ0) is 11.7. The number of hydrogen-bond donors (Lipinski definition) is 1. The van der Waals surface area contributed by atoms with Gasteiger partial charge >= 0.3 is 0 Å². The van der Waals surface area contributed by atoms with Crippen molar-refractivity contribution >= 4 is 5.78 Å². The molecule has 0 saturated carbocycles. The van der Waals surface area contributed by atoms with Gasteiger partial charge in [-0.15, -0.1) is 0 Å². The first-order valence-electron chi connectivity index (χ1n) is 5.29. The quantitative estimate of drug-likeness (QED) is 0.780. The average molecular weight is 225 g/mol. The third kappa shape index (κ3) is 1.97. The second-order valence-electron chi connectivity index (χ2n) is 4.23. The Hall–Kier alpha value is -1.29. The van der Waals surface area contributed by atoms with Gasteiger partial charge in [0, 0.05) is 18.5 Å². The van der Waals surface area contributed by atoms with Crippen LogP contribution in [0.15, 0.2) is 18.2 Å². The molecule has 1 N–H and O–H groups in total. The fourth-order valence-corrected chi connectivity index (χ4v) is 2.05. The van der Waals surface area contributed by atoms with E-state index in [0.29, 0.717) is 6.54 Å². The Morgan fingerprint density at radius 3 is 2.69 bits per heavy atom. The van der Waals surface area contributed by atoms with Crippen LogP contribution >= 0.6 is 0 Å². The molecule has 0 radical (unpaired) electrons. The monoisotopic (exact) mass is 225 g/mol. The van der Waals surface area contributed by atoms with E-state index in [9.17, 15) is 13.6 Å². The minimum atomic E-state index is -0.774. The van der Waals surface area contributed by atoms with Gasteiger partial charge < -0.3 is 5.32 Å². The Bertz CT molecular complexity index is 419. The molecular formula is C12H13F2NO. The summed E-state index contributed by atoms with van der Waals surface area (Å²) in [4.78, 5) is 12.0. The highest BCUT2D eigenvalue weighted by atomic mass is 19.1. The van der Waals surface area contributed by atoms with E-state index in [2.05, 4.69) is 5.32 Å². The van der Waals surface area contributed by atoms with Crippen molar-refractivity contribution in [2.75, 3.05) is 13.1 Å². The van der Waals surface area contributed by atoms with Crippen LogP contribution in [0.25, 0.3) is 0 Å². The highest BCUT2D eigenvalue weighted by Gasteiger charge is 2.31. The normalized spacial score (nSPS) is 24.7. The van der Waals surface area contributed by atoms with E-state index < -0.39 is 11.6 Å². The SMILES string of the molecule is CC1CNCC1C(=O)c1ccc(F)cc1F. The summed E-state index contributed by atoms with van der Waals surface area (Å²) >= 11 is 0. The number of carbonyl (C=O) groups excluding carboxylic acids is 1. The molecule has 86 valence electrons. The standard InChI is InChI=1S/C12H13F2NO/c1-7-5-15-6-10(7)12(16)9-3-2-8(13)4-11(9)14/h2-4,7,10,15H,5-6H2,1H3. The Morgan fingerprint density at radius 1 is 1.38 bits per heavy atom. The van der Waals surface area contributed by atoms with Crippen LogP contribution in [0.4, 0.5) is 8.78 Å². The summed E-state index contributed by atoms with van der Waals surface area (Å²) in [6.07, 6.45) is 0. The molecule has 1 saturated heterocycles. The number of nitrogens with one attached hydrogen (secondary N) is 1. The Labute approximate surface area is 92.7 Å². The zero-order valence-corrected chi connectivity index (χ0v) is 8.97. The van der Waals surface area contributed by atoms with Crippen molar-refractivity contribution in [1.82, 2.24) is 5.32 Å². The smallest absolute Gasteiger partial charge is 0.170 e. The molecule has 1 heterocycles. The summed E-state index contributed by atoms with van der Waals surface area (Å²) in [6.45, 7) is 3.28. The van der Waals surface area contributed by atoms with E-state index in [1.54, 1.807) is 0 Å². The van der Waals surface area contributed by atoms with Crippen LogP contribution in [0.1, 0.15) is 17.3 Å². The van der Waals surface area contributed by atoms with Gasteiger partial charge in [0.2, 0.25) is 0 Å². The van der Waals surface area contributed by atoms with Crippen molar-refractivity contribution in [3.8, 4) is 0 Å². The molecule has 4 heteroatoms. The van der Waals surface area contributed by atoms with Crippen LogP contribution in [0.2, 0.25) is 0 Å². The lowest BCUT2D eigenvalue weighted by Gasteiger charge is -2.13. The molecule has 1 aromatic carbocycles. The fourth-order valence-electron chi connectivity index (χ4n) is 2.05. The minimum Gasteiger partial charge on any atom is -0.316 e. The van der Waals surface area contributed by atoms with E-state index in [-0.39, 0.29) is 23.2 Å². The molecule has 1 aliphatic heterocycles. The Kier molecular flexibility index (Phi) is 3.01. The Morgan fingerprint density at radius 2 is 2.12 bits per heavy atom. The third-order valence-electron chi connectivity index (χ3n) is 3.05. The molecule has 2 rings (SSSR count). The number of rotatable bonds is 2. The molecule has 0 aromatic heterocycles. The molecule has 16 heavy (non-hydrogen) atoms. The number of hydrogen-bond acceptors (Lipinski definition) is 2. The predicted molar refractivity (Wildman–Crippen MR) is 56.2 cm³/mol. The maximum absolute atomic E-state index is 13.4. The highest BCUT2D eigenvalue weighted by Crippen LogP contribution is 2.22. The first-order valence-corrected chi connectivity index (χ1v) is 5.29. The second-order valence-corrected chi connectivity index (χ2v) is 4.23. The molecule has 0 bridgehead atoms. The summed E-state index contributed by atoms with van der Waals surface area (Å²) in [5, 5.41) is 3.09. The van der Waals surface area contributed by atoms with E-state index in [4.69, 9.17) is 0 Å². The van der Waals surface area contributed by atoms with Crippen LogP contribution in [0.5, 0.6) is 0 Å². The van der Waals surface area contributed by atoms with Gasteiger partial charge in [-0.25, -0.2) is 8.78 Å². The van der Waals surface area contributed by atoms with Crippen LogP contribution in [0, 0.1) is 23.5 Å². The number of Topliss-reactive ketones (excluding diaryl/α,β-unsaturated/α-hetero) is 1. The minimum absolute atomic E-state index is 0.0121. The van der Waals surface area contributed by atoms with Gasteiger partial charge in [0.15, 0.2) is 5.78 Å². The first-order chi connectivity index (χ1) is 7.59. The fraction of sp³-hybridized carbons (Fsp3) is 0.417. The summed E-state index contributed by atoms with van der Waals surface area (Å²) in [5.74, 6) is -1.69. The van der Waals surface area contributed by atoms with Gasteiger partial charge in [0.25, 0.3) is 0 Å². The molecule has 2 nitrogen and oxygen atoms in total. The molecule has 1 aliphatic rings. The zero-order valence-electron chi connectivity index (χ0n) is 8.97. The van der Waals surface area contributed by atoms with Crippen molar-refractivity contribution in [2.24, 2.45) is 11.8 Å². The molecule has 1 aromatic rings. The van der Waals surface area contributed by atoms with Gasteiger partial charge in [-0.3, -0.25) is 4.79 Å². The summed E-state index contributed by atoms with van der Waals surface area (Å²) in [6, 6.07) is 3.08. The maximum atomic E-state index is 13.4. The lowest BCUT2D eigenvalue weighted by atomic mass is 9.89. The largest absolute Gasteiger partial charge is 0.316 e.